The van der Waals surface area contributed by atoms with Crippen LogP contribution in [0.25, 0.3) is 5.76 Å². The van der Waals surface area contributed by atoms with Crippen LogP contribution in [0.15, 0.2) is 76.8 Å². The van der Waals surface area contributed by atoms with Crippen LogP contribution in [0.3, 0.4) is 0 Å². The Hall–Kier alpha value is -3.52. The summed E-state index contributed by atoms with van der Waals surface area (Å²) < 4.78 is 34.0. The Bertz CT molecular complexity index is 1260. The molecule has 32 heavy (non-hydrogen) atoms. The quantitative estimate of drug-likeness (QED) is 0.298. The molecular weight excluding hydrogens is 484 g/mol. The van der Waals surface area contributed by atoms with Crippen molar-refractivity contribution in [1.29, 1.82) is 0 Å². The van der Waals surface area contributed by atoms with Gasteiger partial charge in [-0.3, -0.25) is 14.5 Å². The van der Waals surface area contributed by atoms with Crippen LogP contribution in [0.2, 0.25) is 0 Å². The number of Topliss-reactive ketones (excluding diaryl/α,β-unsaturated/α-hetero) is 1. The first-order valence-corrected chi connectivity index (χ1v) is 10.3. The van der Waals surface area contributed by atoms with Crippen molar-refractivity contribution in [2.24, 2.45) is 0 Å². The van der Waals surface area contributed by atoms with Crippen molar-refractivity contribution in [3.05, 3.63) is 99.5 Å². The number of anilines is 1. The number of carbonyl (C=O) groups is 2. The Kier molecular flexibility index (Phi) is 5.80. The fraction of sp³-hybridized carbons (Fsp3) is 0.0833. The van der Waals surface area contributed by atoms with Gasteiger partial charge in [0.05, 0.1) is 23.2 Å². The second-order valence-corrected chi connectivity index (χ2v) is 7.87. The monoisotopic (exact) mass is 499 g/mol. The van der Waals surface area contributed by atoms with Crippen molar-refractivity contribution in [3.8, 4) is 5.75 Å². The summed E-state index contributed by atoms with van der Waals surface area (Å²) in [5.41, 5.74) is 0.166. The highest BCUT2D eigenvalue weighted by molar-refractivity contribution is 9.10. The molecule has 5 nitrogen and oxygen atoms in total. The Morgan fingerprint density at radius 3 is 2.34 bits per heavy atom. The van der Waals surface area contributed by atoms with Gasteiger partial charge in [-0.1, -0.05) is 18.2 Å². The van der Waals surface area contributed by atoms with Gasteiger partial charge in [0, 0.05) is 16.8 Å². The third-order valence-corrected chi connectivity index (χ3v) is 5.79. The third-order valence-electron chi connectivity index (χ3n) is 5.17. The number of methoxy groups -OCH3 is 1. The van der Waals surface area contributed by atoms with Crippen LogP contribution in [0.1, 0.15) is 17.2 Å². The van der Waals surface area contributed by atoms with Gasteiger partial charge in [0.25, 0.3) is 11.7 Å². The maximum atomic E-state index is 14.8. The number of rotatable bonds is 4. The summed E-state index contributed by atoms with van der Waals surface area (Å²) >= 11 is 3.32. The lowest BCUT2D eigenvalue weighted by molar-refractivity contribution is -0.132. The molecule has 1 heterocycles. The molecule has 1 unspecified atom stereocenters. The van der Waals surface area contributed by atoms with E-state index < -0.39 is 35.1 Å². The molecule has 0 bridgehead atoms. The first-order chi connectivity index (χ1) is 15.3. The first kappa shape index (κ1) is 21.7. The van der Waals surface area contributed by atoms with Crippen molar-refractivity contribution in [2.75, 3.05) is 12.0 Å². The standard InChI is InChI=1S/C24H16BrF2NO4/c1-32-19-11-6-13(12-17(19)25)22(29)20-21(16-4-2-3-5-18(16)27)28(24(31)23(20)30)15-9-7-14(26)8-10-15/h2-12,21,29H,1H3/b22-20+. The summed E-state index contributed by atoms with van der Waals surface area (Å²) in [5.74, 6) is -3.10. The van der Waals surface area contributed by atoms with Gasteiger partial charge in [-0.25, -0.2) is 8.78 Å². The van der Waals surface area contributed by atoms with Gasteiger partial charge in [-0.15, -0.1) is 0 Å². The number of carbonyl (C=O) groups excluding carboxylic acids is 2. The van der Waals surface area contributed by atoms with E-state index in [-0.39, 0.29) is 22.4 Å². The van der Waals surface area contributed by atoms with E-state index >= 15 is 0 Å². The molecule has 8 heteroatoms. The maximum absolute atomic E-state index is 14.8. The molecule has 3 aromatic rings. The van der Waals surface area contributed by atoms with Crippen molar-refractivity contribution >= 4 is 39.1 Å². The molecule has 3 aromatic carbocycles. The molecule has 0 saturated carbocycles. The van der Waals surface area contributed by atoms with Crippen molar-refractivity contribution in [2.45, 2.75) is 6.04 Å². The minimum absolute atomic E-state index is 0.0187. The normalized spacial score (nSPS) is 17.6. The second kappa shape index (κ2) is 8.55. The molecular formula is C24H16BrF2NO4. The van der Waals surface area contributed by atoms with E-state index in [1.165, 1.54) is 49.6 Å². The van der Waals surface area contributed by atoms with Crippen LogP contribution < -0.4 is 9.64 Å². The summed E-state index contributed by atoms with van der Waals surface area (Å²) in [6, 6.07) is 13.9. The molecule has 1 fully saturated rings. The molecule has 0 aliphatic carbocycles. The van der Waals surface area contributed by atoms with Gasteiger partial charge < -0.3 is 9.84 Å². The summed E-state index contributed by atoms with van der Waals surface area (Å²) in [5, 5.41) is 11.1. The van der Waals surface area contributed by atoms with Gasteiger partial charge >= 0.3 is 0 Å². The molecule has 0 radical (unpaired) electrons. The zero-order valence-corrected chi connectivity index (χ0v) is 18.3. The minimum Gasteiger partial charge on any atom is -0.507 e. The third kappa shape index (κ3) is 3.67. The van der Waals surface area contributed by atoms with Crippen LogP contribution in [-0.4, -0.2) is 23.9 Å². The average Bonchev–Trinajstić information content (AvgIpc) is 3.04. The number of halogens is 3. The molecule has 0 aromatic heterocycles. The van der Waals surface area contributed by atoms with Crippen LogP contribution in [0.5, 0.6) is 5.75 Å². The highest BCUT2D eigenvalue weighted by Crippen LogP contribution is 2.43. The fourth-order valence-corrected chi connectivity index (χ4v) is 4.20. The maximum Gasteiger partial charge on any atom is 0.300 e. The predicted octanol–water partition coefficient (Wildman–Crippen LogP) is 5.36. The number of amides is 1. The van der Waals surface area contributed by atoms with E-state index in [0.717, 1.165) is 17.0 Å². The first-order valence-electron chi connectivity index (χ1n) is 9.48. The number of hydrogen-bond acceptors (Lipinski definition) is 4. The van der Waals surface area contributed by atoms with Crippen LogP contribution in [0, 0.1) is 11.6 Å². The largest absolute Gasteiger partial charge is 0.507 e. The number of nitrogens with zero attached hydrogens (tertiary/aromatic N) is 1. The van der Waals surface area contributed by atoms with Crippen LogP contribution in [0.4, 0.5) is 14.5 Å². The predicted molar refractivity (Wildman–Crippen MR) is 118 cm³/mol. The Morgan fingerprint density at radius 2 is 1.72 bits per heavy atom. The van der Waals surface area contributed by atoms with Gasteiger partial charge in [0.15, 0.2) is 0 Å². The summed E-state index contributed by atoms with van der Waals surface area (Å²) in [4.78, 5) is 27.1. The van der Waals surface area contributed by atoms with Gasteiger partial charge in [0.2, 0.25) is 0 Å². The Balaban J connectivity index is 1.96. The molecule has 0 spiro atoms. The summed E-state index contributed by atoms with van der Waals surface area (Å²) in [6.07, 6.45) is 0. The average molecular weight is 500 g/mol. The van der Waals surface area contributed by atoms with E-state index in [4.69, 9.17) is 4.74 Å². The smallest absolute Gasteiger partial charge is 0.300 e. The molecule has 1 aliphatic rings. The van der Waals surface area contributed by atoms with Gasteiger partial charge in [0.1, 0.15) is 23.1 Å². The van der Waals surface area contributed by atoms with E-state index in [1.807, 2.05) is 0 Å². The van der Waals surface area contributed by atoms with E-state index in [0.29, 0.717) is 10.2 Å². The molecule has 1 aliphatic heterocycles. The van der Waals surface area contributed by atoms with Crippen LogP contribution >= 0.6 is 15.9 Å². The Morgan fingerprint density at radius 1 is 1.03 bits per heavy atom. The zero-order valence-electron chi connectivity index (χ0n) is 16.7. The Labute approximate surface area is 190 Å². The van der Waals surface area contributed by atoms with Crippen molar-refractivity contribution in [1.82, 2.24) is 0 Å². The summed E-state index contributed by atoms with van der Waals surface area (Å²) in [6.45, 7) is 0. The lowest BCUT2D eigenvalue weighted by Gasteiger charge is -2.25. The number of hydrogen-bond donors (Lipinski definition) is 1. The topological polar surface area (TPSA) is 66.8 Å². The van der Waals surface area contributed by atoms with E-state index in [1.54, 1.807) is 12.1 Å². The number of ether oxygens (including phenoxy) is 1. The lowest BCUT2D eigenvalue weighted by Crippen LogP contribution is -2.29. The van der Waals surface area contributed by atoms with Crippen LogP contribution in [-0.2, 0) is 9.59 Å². The number of aliphatic hydroxyl groups is 1. The van der Waals surface area contributed by atoms with Crippen molar-refractivity contribution < 1.29 is 28.2 Å². The molecule has 1 N–H and O–H groups in total. The molecule has 1 amide bonds. The molecule has 162 valence electrons. The number of benzene rings is 3. The fourth-order valence-electron chi connectivity index (χ4n) is 3.66. The lowest BCUT2D eigenvalue weighted by atomic mass is 9.94. The molecule has 4 rings (SSSR count). The second-order valence-electron chi connectivity index (χ2n) is 7.02. The number of aliphatic hydroxyl groups excluding tert-OH is 1. The van der Waals surface area contributed by atoms with E-state index in [9.17, 15) is 23.5 Å². The summed E-state index contributed by atoms with van der Waals surface area (Å²) in [7, 11) is 1.48. The van der Waals surface area contributed by atoms with Crippen molar-refractivity contribution in [3.63, 3.8) is 0 Å². The van der Waals surface area contributed by atoms with E-state index in [2.05, 4.69) is 15.9 Å². The number of ketones is 1. The molecule has 1 saturated heterocycles. The highest BCUT2D eigenvalue weighted by atomic mass is 79.9. The van der Waals surface area contributed by atoms with Gasteiger partial charge in [-0.2, -0.15) is 0 Å². The molecule has 1 atom stereocenters. The minimum atomic E-state index is -1.25. The highest BCUT2D eigenvalue weighted by Gasteiger charge is 2.47. The SMILES string of the molecule is COc1ccc(/C(O)=C2\C(=O)C(=O)N(c3ccc(F)cc3)C2c2ccccc2F)cc1Br. The zero-order chi connectivity index (χ0) is 23.0. The van der Waals surface area contributed by atoms with Gasteiger partial charge in [-0.05, 0) is 64.5 Å².